The van der Waals surface area contributed by atoms with Crippen LogP contribution in [0.25, 0.3) is 0 Å². The lowest BCUT2D eigenvalue weighted by Gasteiger charge is -2.07. The van der Waals surface area contributed by atoms with E-state index < -0.39 is 5.97 Å². The van der Waals surface area contributed by atoms with Crippen molar-refractivity contribution >= 4 is 11.9 Å². The van der Waals surface area contributed by atoms with Gasteiger partial charge in [-0.1, -0.05) is 4.99 Å². The first-order valence-corrected chi connectivity index (χ1v) is 2.94. The first-order chi connectivity index (χ1) is 4.79. The zero-order chi connectivity index (χ0) is 7.40. The van der Waals surface area contributed by atoms with Gasteiger partial charge in [-0.25, -0.2) is 4.79 Å². The summed E-state index contributed by atoms with van der Waals surface area (Å²) in [6.45, 7) is 0. The fourth-order valence-electron chi connectivity index (χ4n) is 0.600. The molecule has 10 heavy (non-hydrogen) atoms. The van der Waals surface area contributed by atoms with Gasteiger partial charge in [-0.15, -0.1) is 0 Å². The first-order valence-electron chi connectivity index (χ1n) is 2.94. The van der Waals surface area contributed by atoms with E-state index in [9.17, 15) is 9.59 Å². The third-order valence-electron chi connectivity index (χ3n) is 1.07. The predicted octanol–water partition coefficient (Wildman–Crippen LogP) is -0.324. The van der Waals surface area contributed by atoms with Gasteiger partial charge in [-0.2, -0.15) is 5.48 Å². The topological polar surface area (TPSA) is 64.6 Å². The molecule has 5 nitrogen and oxygen atoms in total. The number of carbonyl (C=O) groups excluding carboxylic acids is 2. The average Bonchev–Trinajstić information content (AvgIpc) is 1.84. The Morgan fingerprint density at radius 1 is 1.30 bits per heavy atom. The summed E-state index contributed by atoms with van der Waals surface area (Å²) in [6.07, 6.45) is 1.04. The second-order valence-electron chi connectivity index (χ2n) is 1.92. The number of hydrogen-bond donors (Lipinski definition) is 1. The van der Waals surface area contributed by atoms with E-state index in [1.165, 1.54) is 0 Å². The van der Waals surface area contributed by atoms with Gasteiger partial charge in [0.1, 0.15) is 0 Å². The van der Waals surface area contributed by atoms with Crippen LogP contribution in [0.1, 0.15) is 19.3 Å². The minimum Gasteiger partial charge on any atom is -0.275 e. The highest BCUT2D eigenvalue weighted by Gasteiger charge is 2.11. The summed E-state index contributed by atoms with van der Waals surface area (Å²) < 4.78 is 0. The second-order valence-corrected chi connectivity index (χ2v) is 1.92. The van der Waals surface area contributed by atoms with Gasteiger partial charge in [0.2, 0.25) is 5.91 Å². The van der Waals surface area contributed by atoms with Crippen molar-refractivity contribution in [2.45, 2.75) is 19.3 Å². The highest BCUT2D eigenvalue weighted by Crippen LogP contribution is 2.00. The Balaban J connectivity index is 2.34. The maximum absolute atomic E-state index is 10.5. The van der Waals surface area contributed by atoms with E-state index in [1.807, 2.05) is 5.48 Å². The van der Waals surface area contributed by atoms with Crippen molar-refractivity contribution in [3.8, 4) is 0 Å². The lowest BCUT2D eigenvalue weighted by Crippen LogP contribution is -2.27. The number of rotatable bonds is 0. The van der Waals surface area contributed by atoms with Gasteiger partial charge >= 0.3 is 5.97 Å². The van der Waals surface area contributed by atoms with Crippen LogP contribution < -0.4 is 5.48 Å². The molecule has 0 spiro atoms. The summed E-state index contributed by atoms with van der Waals surface area (Å²) in [5.41, 5.74) is 1.93. The van der Waals surface area contributed by atoms with Gasteiger partial charge in [-0.05, 0) is 6.42 Å². The first kappa shape index (κ1) is 7.01. The molecular formula is C5H7NO4. The van der Waals surface area contributed by atoms with Crippen LogP contribution in [0.2, 0.25) is 0 Å². The number of carbonyl (C=O) groups is 2. The Morgan fingerprint density at radius 2 is 2.10 bits per heavy atom. The Kier molecular flexibility index (Phi) is 2.22. The molecule has 0 radical (unpaired) electrons. The fraction of sp³-hybridized carbons (Fsp3) is 0.600. The molecule has 1 rings (SSSR count). The summed E-state index contributed by atoms with van der Waals surface area (Å²) in [7, 11) is 0. The number of hydrogen-bond acceptors (Lipinski definition) is 4. The van der Waals surface area contributed by atoms with Gasteiger partial charge in [0, 0.05) is 12.8 Å². The van der Waals surface area contributed by atoms with Crippen LogP contribution in [0.4, 0.5) is 0 Å². The number of nitrogens with one attached hydrogen (secondary N) is 1. The third kappa shape index (κ3) is 2.02. The molecule has 0 saturated carbocycles. The minimum atomic E-state index is -0.458. The van der Waals surface area contributed by atoms with Crippen LogP contribution in [0.3, 0.4) is 0 Å². The van der Waals surface area contributed by atoms with E-state index in [0.717, 1.165) is 0 Å². The van der Waals surface area contributed by atoms with Crippen LogP contribution >= 0.6 is 0 Å². The van der Waals surface area contributed by atoms with Crippen LogP contribution in [0.5, 0.6) is 0 Å². The second kappa shape index (κ2) is 3.17. The Hall–Kier alpha value is -1.10. The zero-order valence-corrected chi connectivity index (χ0v) is 5.25. The third-order valence-corrected chi connectivity index (χ3v) is 1.07. The molecule has 0 unspecified atom stereocenters. The fourth-order valence-corrected chi connectivity index (χ4v) is 0.600. The molecule has 0 aliphatic carbocycles. The van der Waals surface area contributed by atoms with Gasteiger partial charge in [0.05, 0.1) is 0 Å². The van der Waals surface area contributed by atoms with E-state index in [-0.39, 0.29) is 12.3 Å². The predicted molar refractivity (Wildman–Crippen MR) is 29.2 cm³/mol. The molecule has 1 N–H and O–H groups in total. The Morgan fingerprint density at radius 3 is 2.90 bits per heavy atom. The molecule has 0 aromatic heterocycles. The lowest BCUT2D eigenvalue weighted by atomic mass is 10.2. The molecular weight excluding hydrogens is 138 g/mol. The summed E-state index contributed by atoms with van der Waals surface area (Å²) in [6, 6.07) is 0. The molecule has 1 aliphatic rings. The van der Waals surface area contributed by atoms with Crippen LogP contribution in [-0.4, -0.2) is 11.9 Å². The van der Waals surface area contributed by atoms with Gasteiger partial charge in [0.15, 0.2) is 0 Å². The minimum absolute atomic E-state index is 0.230. The average molecular weight is 145 g/mol. The van der Waals surface area contributed by atoms with E-state index in [2.05, 4.69) is 9.88 Å². The van der Waals surface area contributed by atoms with Gasteiger partial charge < -0.3 is 0 Å². The molecule has 1 fully saturated rings. The molecule has 0 aromatic carbocycles. The van der Waals surface area contributed by atoms with E-state index in [4.69, 9.17) is 0 Å². The van der Waals surface area contributed by atoms with Crippen molar-refractivity contribution in [1.82, 2.24) is 5.48 Å². The molecule has 0 atom stereocenters. The number of hydroxylamine groups is 1. The van der Waals surface area contributed by atoms with E-state index >= 15 is 0 Å². The number of amides is 1. The maximum atomic E-state index is 10.5. The van der Waals surface area contributed by atoms with Gasteiger partial charge in [0.25, 0.3) is 0 Å². The maximum Gasteiger partial charge on any atom is 0.345 e. The SMILES string of the molecule is O=C1CCCC(=O)OON1. The Bertz CT molecular complexity index is 126. The van der Waals surface area contributed by atoms with Crippen molar-refractivity contribution in [3.63, 3.8) is 0 Å². The van der Waals surface area contributed by atoms with Gasteiger partial charge in [-0.3, -0.25) is 9.68 Å². The highest BCUT2D eigenvalue weighted by molar-refractivity contribution is 5.76. The Labute approximate surface area is 57.2 Å². The summed E-state index contributed by atoms with van der Waals surface area (Å²) in [4.78, 5) is 29.1. The molecule has 1 heterocycles. The molecule has 56 valence electrons. The molecule has 0 bridgehead atoms. The molecule has 5 heteroatoms. The van der Waals surface area contributed by atoms with E-state index in [1.54, 1.807) is 0 Å². The quantitative estimate of drug-likeness (QED) is 0.474. The molecule has 0 aromatic rings. The standard InChI is InChI=1S/C5H7NO4/c7-4-2-1-3-5(8)9-10-6-4/h1-3H2,(H,6,7). The van der Waals surface area contributed by atoms with Crippen molar-refractivity contribution in [1.29, 1.82) is 0 Å². The monoisotopic (exact) mass is 145 g/mol. The molecule has 1 amide bonds. The van der Waals surface area contributed by atoms with E-state index in [0.29, 0.717) is 12.8 Å². The van der Waals surface area contributed by atoms with Crippen LogP contribution in [0.15, 0.2) is 0 Å². The normalized spacial score (nSPS) is 20.4. The largest absolute Gasteiger partial charge is 0.345 e. The molecule has 1 aliphatic heterocycles. The van der Waals surface area contributed by atoms with Crippen molar-refractivity contribution in [3.05, 3.63) is 0 Å². The van der Waals surface area contributed by atoms with Crippen molar-refractivity contribution < 1.29 is 19.5 Å². The van der Waals surface area contributed by atoms with Crippen molar-refractivity contribution in [2.24, 2.45) is 0 Å². The zero-order valence-electron chi connectivity index (χ0n) is 5.25. The summed E-state index contributed by atoms with van der Waals surface area (Å²) in [5.74, 6) is -0.729. The van der Waals surface area contributed by atoms with Crippen LogP contribution in [0, 0.1) is 0 Å². The lowest BCUT2D eigenvalue weighted by molar-refractivity contribution is -0.304. The summed E-state index contributed by atoms with van der Waals surface area (Å²) in [5, 5.41) is 0. The van der Waals surface area contributed by atoms with Crippen LogP contribution in [-0.2, 0) is 19.5 Å². The highest BCUT2D eigenvalue weighted by atomic mass is 17.3. The van der Waals surface area contributed by atoms with Crippen molar-refractivity contribution in [2.75, 3.05) is 0 Å². The molecule has 1 saturated heterocycles. The summed E-state index contributed by atoms with van der Waals surface area (Å²) >= 11 is 0. The smallest absolute Gasteiger partial charge is 0.275 e.